The molecular weight excluding hydrogens is 210 g/mol. The van der Waals surface area contributed by atoms with Crippen molar-refractivity contribution in [3.05, 3.63) is 35.9 Å². The number of benzene rings is 1. The maximum Gasteiger partial charge on any atom is 0.125 e. The lowest BCUT2D eigenvalue weighted by Gasteiger charge is -2.25. The summed E-state index contributed by atoms with van der Waals surface area (Å²) >= 11 is 0. The summed E-state index contributed by atoms with van der Waals surface area (Å²) in [6.45, 7) is 6.64. The van der Waals surface area contributed by atoms with Gasteiger partial charge in [-0.15, -0.1) is 0 Å². The summed E-state index contributed by atoms with van der Waals surface area (Å²) < 4.78 is 5.74. The summed E-state index contributed by atoms with van der Waals surface area (Å²) in [6, 6.07) is 11.1. The molecule has 0 spiro atoms. The first-order valence-electron chi connectivity index (χ1n) is 6.38. The third-order valence-electron chi connectivity index (χ3n) is 3.80. The van der Waals surface area contributed by atoms with E-state index in [4.69, 9.17) is 4.74 Å². The van der Waals surface area contributed by atoms with Gasteiger partial charge in [-0.25, -0.2) is 0 Å². The fourth-order valence-corrected chi connectivity index (χ4v) is 2.83. The van der Waals surface area contributed by atoms with E-state index in [0.29, 0.717) is 6.04 Å². The highest BCUT2D eigenvalue weighted by molar-refractivity contribution is 5.23. The van der Waals surface area contributed by atoms with Gasteiger partial charge in [0.25, 0.3) is 0 Å². The quantitative estimate of drug-likeness (QED) is 0.789. The fourth-order valence-electron chi connectivity index (χ4n) is 2.83. The lowest BCUT2D eigenvalue weighted by atomic mass is 9.96. The molecular formula is C15H23NO. The second kappa shape index (κ2) is 4.43. The van der Waals surface area contributed by atoms with Crippen LogP contribution in [0.15, 0.2) is 30.3 Å². The van der Waals surface area contributed by atoms with E-state index in [1.807, 2.05) is 7.11 Å². The van der Waals surface area contributed by atoms with Crippen LogP contribution in [0.4, 0.5) is 0 Å². The average molecular weight is 233 g/mol. The van der Waals surface area contributed by atoms with Crippen LogP contribution in [0.5, 0.6) is 0 Å². The number of hydrogen-bond donors (Lipinski definition) is 1. The minimum absolute atomic E-state index is 0.128. The van der Waals surface area contributed by atoms with Crippen molar-refractivity contribution >= 4 is 0 Å². The van der Waals surface area contributed by atoms with Crippen LogP contribution in [0.25, 0.3) is 0 Å². The van der Waals surface area contributed by atoms with Gasteiger partial charge in [0.1, 0.15) is 5.72 Å². The molecule has 1 aromatic rings. The number of nitrogens with one attached hydrogen (secondary N) is 1. The lowest BCUT2D eigenvalue weighted by Crippen LogP contribution is -2.43. The summed E-state index contributed by atoms with van der Waals surface area (Å²) in [5.41, 5.74) is 1.48. The van der Waals surface area contributed by atoms with E-state index >= 15 is 0 Å². The molecule has 0 amide bonds. The van der Waals surface area contributed by atoms with Crippen molar-refractivity contribution in [1.29, 1.82) is 0 Å². The fraction of sp³-hybridized carbons (Fsp3) is 0.600. The molecule has 0 bridgehead atoms. The molecule has 2 rings (SSSR count). The van der Waals surface area contributed by atoms with Crippen LogP contribution in [0.3, 0.4) is 0 Å². The van der Waals surface area contributed by atoms with E-state index in [-0.39, 0.29) is 11.1 Å². The van der Waals surface area contributed by atoms with Crippen molar-refractivity contribution in [2.75, 3.05) is 7.11 Å². The van der Waals surface area contributed by atoms with Crippen LogP contribution in [0, 0.1) is 5.41 Å². The summed E-state index contributed by atoms with van der Waals surface area (Å²) in [6.07, 6.45) is 2.16. The highest BCUT2D eigenvalue weighted by Crippen LogP contribution is 2.58. The molecule has 2 heteroatoms. The van der Waals surface area contributed by atoms with Gasteiger partial charge in [-0.2, -0.15) is 0 Å². The largest absolute Gasteiger partial charge is 0.363 e. The molecule has 17 heavy (non-hydrogen) atoms. The van der Waals surface area contributed by atoms with Crippen LogP contribution in [-0.2, 0) is 11.2 Å². The molecule has 1 saturated carbocycles. The van der Waals surface area contributed by atoms with Crippen LogP contribution in [0.1, 0.15) is 32.8 Å². The van der Waals surface area contributed by atoms with Gasteiger partial charge in [-0.05, 0) is 25.8 Å². The van der Waals surface area contributed by atoms with Crippen molar-refractivity contribution in [2.45, 2.75) is 45.4 Å². The second-order valence-electron chi connectivity index (χ2n) is 5.73. The normalized spacial score (nSPS) is 31.8. The average Bonchev–Trinajstić information content (AvgIpc) is 2.83. The summed E-state index contributed by atoms with van der Waals surface area (Å²) in [5, 5.41) is 3.57. The van der Waals surface area contributed by atoms with E-state index in [1.54, 1.807) is 0 Å². The molecule has 0 heterocycles. The van der Waals surface area contributed by atoms with E-state index < -0.39 is 0 Å². The van der Waals surface area contributed by atoms with Crippen LogP contribution in [-0.4, -0.2) is 18.9 Å². The minimum Gasteiger partial charge on any atom is -0.363 e. The smallest absolute Gasteiger partial charge is 0.125 e. The second-order valence-corrected chi connectivity index (χ2v) is 5.73. The van der Waals surface area contributed by atoms with E-state index in [9.17, 15) is 0 Å². The van der Waals surface area contributed by atoms with E-state index in [1.165, 1.54) is 5.56 Å². The zero-order chi connectivity index (χ0) is 12.5. The standard InChI is InChI=1S/C15H23NO/c1-12(2)16-15(17-4)11-14(15,3)10-13-8-6-5-7-9-13/h5-9,12,16H,10-11H2,1-4H3. The van der Waals surface area contributed by atoms with Gasteiger partial charge in [0.2, 0.25) is 0 Å². The van der Waals surface area contributed by atoms with Crippen LogP contribution in [0.2, 0.25) is 0 Å². The summed E-state index contributed by atoms with van der Waals surface area (Å²) in [4.78, 5) is 0. The zero-order valence-electron chi connectivity index (χ0n) is 11.3. The van der Waals surface area contributed by atoms with Crippen LogP contribution < -0.4 is 5.32 Å². The van der Waals surface area contributed by atoms with Gasteiger partial charge in [0.15, 0.2) is 0 Å². The zero-order valence-corrected chi connectivity index (χ0v) is 11.3. The monoisotopic (exact) mass is 233 g/mol. The minimum atomic E-state index is -0.128. The van der Waals surface area contributed by atoms with E-state index in [0.717, 1.165) is 12.8 Å². The molecule has 0 aliphatic heterocycles. The van der Waals surface area contributed by atoms with Crippen molar-refractivity contribution in [3.63, 3.8) is 0 Å². The number of hydrogen-bond acceptors (Lipinski definition) is 2. The van der Waals surface area contributed by atoms with E-state index in [2.05, 4.69) is 56.4 Å². The molecule has 1 aliphatic rings. The molecule has 2 unspecified atom stereocenters. The Morgan fingerprint density at radius 3 is 2.47 bits per heavy atom. The molecule has 1 aliphatic carbocycles. The Morgan fingerprint density at radius 1 is 1.29 bits per heavy atom. The molecule has 2 atom stereocenters. The predicted molar refractivity (Wildman–Crippen MR) is 70.9 cm³/mol. The van der Waals surface area contributed by atoms with Gasteiger partial charge in [0, 0.05) is 25.0 Å². The molecule has 1 aromatic carbocycles. The first-order chi connectivity index (χ1) is 8.01. The number of methoxy groups -OCH3 is 1. The van der Waals surface area contributed by atoms with Gasteiger partial charge < -0.3 is 4.74 Å². The van der Waals surface area contributed by atoms with Crippen LogP contribution >= 0.6 is 0 Å². The maximum atomic E-state index is 5.74. The Labute approximate surface area is 104 Å². The predicted octanol–water partition coefficient (Wildman–Crippen LogP) is 2.98. The topological polar surface area (TPSA) is 21.3 Å². The summed E-state index contributed by atoms with van der Waals surface area (Å²) in [7, 11) is 1.81. The number of rotatable bonds is 5. The van der Waals surface area contributed by atoms with Crippen molar-refractivity contribution in [3.8, 4) is 0 Å². The Morgan fingerprint density at radius 2 is 1.94 bits per heavy atom. The Kier molecular flexibility index (Phi) is 3.28. The van der Waals surface area contributed by atoms with Crippen molar-refractivity contribution < 1.29 is 4.74 Å². The maximum absolute atomic E-state index is 5.74. The number of ether oxygens (including phenoxy) is 1. The lowest BCUT2D eigenvalue weighted by molar-refractivity contribution is 0.00931. The SMILES string of the molecule is COC1(NC(C)C)CC1(C)Cc1ccccc1. The highest BCUT2D eigenvalue weighted by Gasteiger charge is 2.65. The third-order valence-corrected chi connectivity index (χ3v) is 3.80. The van der Waals surface area contributed by atoms with Gasteiger partial charge in [-0.3, -0.25) is 5.32 Å². The highest BCUT2D eigenvalue weighted by atomic mass is 16.5. The Balaban J connectivity index is 2.07. The summed E-state index contributed by atoms with van der Waals surface area (Å²) in [5.74, 6) is 0. The van der Waals surface area contributed by atoms with Gasteiger partial charge in [0.05, 0.1) is 0 Å². The molecule has 0 saturated heterocycles. The molecule has 0 radical (unpaired) electrons. The first-order valence-corrected chi connectivity index (χ1v) is 6.38. The first kappa shape index (κ1) is 12.6. The molecule has 0 aromatic heterocycles. The molecule has 1 N–H and O–H groups in total. The third kappa shape index (κ3) is 2.38. The molecule has 94 valence electrons. The Hall–Kier alpha value is -0.860. The van der Waals surface area contributed by atoms with Gasteiger partial charge in [-0.1, -0.05) is 37.3 Å². The Bertz CT molecular complexity index is 376. The van der Waals surface area contributed by atoms with Crippen molar-refractivity contribution in [2.24, 2.45) is 5.41 Å². The van der Waals surface area contributed by atoms with Gasteiger partial charge >= 0.3 is 0 Å². The molecule has 1 fully saturated rings. The van der Waals surface area contributed by atoms with Crippen molar-refractivity contribution in [1.82, 2.24) is 5.32 Å². The molecule has 2 nitrogen and oxygen atoms in total.